The first kappa shape index (κ1) is 11.8. The third-order valence-electron chi connectivity index (χ3n) is 4.40. The van der Waals surface area contributed by atoms with Crippen molar-refractivity contribution in [2.45, 2.75) is 51.0 Å². The van der Waals surface area contributed by atoms with Gasteiger partial charge < -0.3 is 9.73 Å². The minimum atomic E-state index is 0.149. The van der Waals surface area contributed by atoms with Crippen LogP contribution in [0.15, 0.2) is 22.8 Å². The molecule has 2 saturated carbocycles. The first-order valence-electron chi connectivity index (χ1n) is 7.08. The van der Waals surface area contributed by atoms with Crippen LogP contribution >= 0.6 is 0 Å². The maximum atomic E-state index is 12.1. The van der Waals surface area contributed by atoms with Crippen molar-refractivity contribution < 1.29 is 9.21 Å². The zero-order valence-corrected chi connectivity index (χ0v) is 10.9. The van der Waals surface area contributed by atoms with Gasteiger partial charge in [-0.05, 0) is 50.2 Å². The van der Waals surface area contributed by atoms with E-state index in [1.165, 1.54) is 12.8 Å². The molecule has 2 unspecified atom stereocenters. The number of amides is 1. The van der Waals surface area contributed by atoms with Crippen molar-refractivity contribution in [2.24, 2.45) is 11.8 Å². The number of rotatable bonds is 3. The van der Waals surface area contributed by atoms with Gasteiger partial charge in [0, 0.05) is 17.9 Å². The van der Waals surface area contributed by atoms with E-state index >= 15 is 0 Å². The van der Waals surface area contributed by atoms with Crippen molar-refractivity contribution in [1.29, 1.82) is 0 Å². The van der Waals surface area contributed by atoms with E-state index in [1.54, 1.807) is 6.26 Å². The Kier molecular flexibility index (Phi) is 3.14. The molecule has 1 aromatic rings. The summed E-state index contributed by atoms with van der Waals surface area (Å²) < 4.78 is 5.36. The Bertz CT molecular complexity index is 404. The zero-order chi connectivity index (χ0) is 12.5. The van der Waals surface area contributed by atoms with E-state index in [-0.39, 0.29) is 11.8 Å². The first-order chi connectivity index (χ1) is 8.74. The Hall–Kier alpha value is -1.25. The van der Waals surface area contributed by atoms with Crippen LogP contribution in [0.2, 0.25) is 0 Å². The van der Waals surface area contributed by atoms with E-state index in [9.17, 15) is 4.79 Å². The van der Waals surface area contributed by atoms with Gasteiger partial charge in [0.15, 0.2) is 0 Å². The Balaban J connectivity index is 1.49. The van der Waals surface area contributed by atoms with Crippen LogP contribution in [0.4, 0.5) is 0 Å². The molecular formula is C15H21NO2. The molecule has 0 bridgehead atoms. The first-order valence-corrected chi connectivity index (χ1v) is 7.08. The number of carbonyl (C=O) groups excluding carboxylic acids is 1. The molecule has 0 saturated heterocycles. The molecule has 2 aliphatic carbocycles. The van der Waals surface area contributed by atoms with Crippen LogP contribution in [0.1, 0.15) is 50.7 Å². The van der Waals surface area contributed by atoms with Crippen LogP contribution in [0.3, 0.4) is 0 Å². The second-order valence-electron chi connectivity index (χ2n) is 5.93. The van der Waals surface area contributed by atoms with E-state index < -0.39 is 0 Å². The molecular weight excluding hydrogens is 226 g/mol. The van der Waals surface area contributed by atoms with Gasteiger partial charge in [-0.15, -0.1) is 0 Å². The molecule has 1 amide bonds. The summed E-state index contributed by atoms with van der Waals surface area (Å²) in [6.45, 7) is 2.30. The van der Waals surface area contributed by atoms with Crippen LogP contribution in [-0.4, -0.2) is 11.9 Å². The summed E-state index contributed by atoms with van der Waals surface area (Å²) in [6, 6.07) is 4.28. The maximum absolute atomic E-state index is 12.1. The molecule has 1 heterocycles. The summed E-state index contributed by atoms with van der Waals surface area (Å²) in [7, 11) is 0. The molecule has 1 aromatic heterocycles. The summed E-state index contributed by atoms with van der Waals surface area (Å²) in [5.41, 5.74) is 0. The molecule has 0 aliphatic heterocycles. The molecule has 3 rings (SSSR count). The molecule has 1 N–H and O–H groups in total. The van der Waals surface area contributed by atoms with Crippen molar-refractivity contribution in [1.82, 2.24) is 5.32 Å². The van der Waals surface area contributed by atoms with Crippen LogP contribution in [-0.2, 0) is 4.79 Å². The monoisotopic (exact) mass is 247 g/mol. The lowest BCUT2D eigenvalue weighted by molar-refractivity contribution is -0.123. The fourth-order valence-electron chi connectivity index (χ4n) is 3.01. The quantitative estimate of drug-likeness (QED) is 0.892. The molecule has 0 aromatic carbocycles. The third kappa shape index (κ3) is 2.45. The molecule has 2 fully saturated rings. The Morgan fingerprint density at radius 1 is 1.33 bits per heavy atom. The van der Waals surface area contributed by atoms with Crippen molar-refractivity contribution in [2.75, 3.05) is 0 Å². The lowest BCUT2D eigenvalue weighted by Gasteiger charge is -2.26. The predicted octanol–water partition coefficient (Wildman–Crippen LogP) is 3.08. The van der Waals surface area contributed by atoms with Crippen LogP contribution < -0.4 is 5.32 Å². The summed E-state index contributed by atoms with van der Waals surface area (Å²) in [5.74, 6) is 2.50. The van der Waals surface area contributed by atoms with E-state index in [0.29, 0.717) is 12.0 Å². The zero-order valence-electron chi connectivity index (χ0n) is 10.9. The average Bonchev–Trinajstić information content (AvgIpc) is 2.99. The Labute approximate surface area is 108 Å². The predicted molar refractivity (Wildman–Crippen MR) is 69.1 cm³/mol. The van der Waals surface area contributed by atoms with Gasteiger partial charge in [-0.2, -0.15) is 0 Å². The maximum Gasteiger partial charge on any atom is 0.224 e. The second-order valence-corrected chi connectivity index (χ2v) is 5.93. The summed E-state index contributed by atoms with van der Waals surface area (Å²) in [5, 5.41) is 3.21. The minimum absolute atomic E-state index is 0.149. The molecule has 18 heavy (non-hydrogen) atoms. The number of nitrogens with one attached hydrogen (secondary N) is 1. The Morgan fingerprint density at radius 3 is 2.78 bits per heavy atom. The van der Waals surface area contributed by atoms with Gasteiger partial charge in [0.25, 0.3) is 0 Å². The van der Waals surface area contributed by atoms with Gasteiger partial charge in [-0.3, -0.25) is 4.79 Å². The van der Waals surface area contributed by atoms with Gasteiger partial charge in [0.05, 0.1) is 6.26 Å². The molecule has 98 valence electrons. The summed E-state index contributed by atoms with van der Waals surface area (Å²) in [4.78, 5) is 12.1. The van der Waals surface area contributed by atoms with Gasteiger partial charge in [0.1, 0.15) is 5.76 Å². The highest BCUT2D eigenvalue weighted by Crippen LogP contribution is 2.47. The standard InChI is InChI=1S/C15H21NO2/c1-10-4-6-11(7-5-10)16-15(17)13-9-12(13)14-3-2-8-18-14/h2-3,8,10-13H,4-7,9H2,1H3,(H,16,17). The van der Waals surface area contributed by atoms with Crippen LogP contribution in [0.25, 0.3) is 0 Å². The second kappa shape index (κ2) is 4.79. The lowest BCUT2D eigenvalue weighted by Crippen LogP contribution is -2.38. The highest BCUT2D eigenvalue weighted by atomic mass is 16.3. The van der Waals surface area contributed by atoms with E-state index in [0.717, 1.165) is 30.9 Å². The van der Waals surface area contributed by atoms with E-state index in [2.05, 4.69) is 12.2 Å². The van der Waals surface area contributed by atoms with Gasteiger partial charge >= 0.3 is 0 Å². The van der Waals surface area contributed by atoms with Gasteiger partial charge in [-0.1, -0.05) is 6.92 Å². The molecule has 2 aliphatic rings. The van der Waals surface area contributed by atoms with Crippen LogP contribution in [0, 0.1) is 11.8 Å². The third-order valence-corrected chi connectivity index (χ3v) is 4.40. The van der Waals surface area contributed by atoms with Crippen molar-refractivity contribution >= 4 is 5.91 Å². The lowest BCUT2D eigenvalue weighted by atomic mass is 9.87. The molecule has 0 radical (unpaired) electrons. The van der Waals surface area contributed by atoms with E-state index in [4.69, 9.17) is 4.42 Å². The smallest absolute Gasteiger partial charge is 0.224 e. The summed E-state index contributed by atoms with van der Waals surface area (Å²) in [6.07, 6.45) is 7.41. The fourth-order valence-corrected chi connectivity index (χ4v) is 3.01. The number of carbonyl (C=O) groups is 1. The molecule has 3 nitrogen and oxygen atoms in total. The SMILES string of the molecule is CC1CCC(NC(=O)C2CC2c2ccco2)CC1. The normalized spacial score (nSPS) is 35.2. The van der Waals surface area contributed by atoms with Crippen molar-refractivity contribution in [3.05, 3.63) is 24.2 Å². The molecule has 2 atom stereocenters. The van der Waals surface area contributed by atoms with Crippen LogP contribution in [0.5, 0.6) is 0 Å². The number of hydrogen-bond donors (Lipinski definition) is 1. The summed E-state index contributed by atoms with van der Waals surface area (Å²) >= 11 is 0. The molecule has 0 spiro atoms. The largest absolute Gasteiger partial charge is 0.469 e. The Morgan fingerprint density at radius 2 is 2.11 bits per heavy atom. The van der Waals surface area contributed by atoms with Crippen molar-refractivity contribution in [3.63, 3.8) is 0 Å². The average molecular weight is 247 g/mol. The highest BCUT2D eigenvalue weighted by molar-refractivity contribution is 5.82. The van der Waals surface area contributed by atoms with Gasteiger partial charge in [0.2, 0.25) is 5.91 Å². The van der Waals surface area contributed by atoms with Crippen molar-refractivity contribution in [3.8, 4) is 0 Å². The minimum Gasteiger partial charge on any atom is -0.469 e. The van der Waals surface area contributed by atoms with E-state index in [1.807, 2.05) is 12.1 Å². The number of furan rings is 1. The fraction of sp³-hybridized carbons (Fsp3) is 0.667. The molecule has 3 heteroatoms. The highest BCUT2D eigenvalue weighted by Gasteiger charge is 2.46. The van der Waals surface area contributed by atoms with Gasteiger partial charge in [-0.25, -0.2) is 0 Å². The number of hydrogen-bond acceptors (Lipinski definition) is 2. The topological polar surface area (TPSA) is 42.2 Å².